The Labute approximate surface area is 128 Å². The normalized spacial score (nSPS) is 12.2. The molecular formula is C17H29NO3. The van der Waals surface area contributed by atoms with Crippen LogP contribution in [0, 0.1) is 5.92 Å². The van der Waals surface area contributed by atoms with Gasteiger partial charge < -0.3 is 19.5 Å². The Bertz CT molecular complexity index is 396. The fourth-order valence-electron chi connectivity index (χ4n) is 2.22. The Kier molecular flexibility index (Phi) is 8.87. The number of methoxy groups -OCH3 is 2. The molecule has 1 aromatic carbocycles. The predicted octanol–water partition coefficient (Wildman–Crippen LogP) is 3.25. The van der Waals surface area contributed by atoms with E-state index in [-0.39, 0.29) is 0 Å². The van der Waals surface area contributed by atoms with Gasteiger partial charge in [-0.25, -0.2) is 0 Å². The first-order valence-corrected chi connectivity index (χ1v) is 7.71. The van der Waals surface area contributed by atoms with E-state index >= 15 is 0 Å². The van der Waals surface area contributed by atoms with Gasteiger partial charge in [0.25, 0.3) is 0 Å². The first-order chi connectivity index (χ1) is 10.2. The minimum Gasteiger partial charge on any atom is -0.493 e. The SMILES string of the molecule is CCCC(C)COc1c(CNCCOC)cccc1OC. The van der Waals surface area contributed by atoms with E-state index in [0.717, 1.165) is 36.8 Å². The second kappa shape index (κ2) is 10.5. The van der Waals surface area contributed by atoms with Gasteiger partial charge in [0, 0.05) is 25.8 Å². The highest BCUT2D eigenvalue weighted by atomic mass is 16.5. The summed E-state index contributed by atoms with van der Waals surface area (Å²) in [6, 6.07) is 6.01. The number of nitrogens with one attached hydrogen (secondary N) is 1. The highest BCUT2D eigenvalue weighted by molar-refractivity contribution is 5.46. The monoisotopic (exact) mass is 295 g/mol. The van der Waals surface area contributed by atoms with Gasteiger partial charge in [0.2, 0.25) is 0 Å². The Morgan fingerprint density at radius 3 is 2.71 bits per heavy atom. The molecule has 4 heteroatoms. The zero-order valence-corrected chi connectivity index (χ0v) is 13.8. The average molecular weight is 295 g/mol. The second-order valence-electron chi connectivity index (χ2n) is 5.32. The van der Waals surface area contributed by atoms with Crippen LogP contribution in [0.2, 0.25) is 0 Å². The van der Waals surface area contributed by atoms with Crippen LogP contribution < -0.4 is 14.8 Å². The van der Waals surface area contributed by atoms with Crippen LogP contribution in [0.5, 0.6) is 11.5 Å². The molecule has 1 N–H and O–H groups in total. The summed E-state index contributed by atoms with van der Waals surface area (Å²) in [7, 11) is 3.39. The number of ether oxygens (including phenoxy) is 3. The van der Waals surface area contributed by atoms with Crippen LogP contribution in [0.3, 0.4) is 0 Å². The first-order valence-electron chi connectivity index (χ1n) is 7.71. The molecule has 0 radical (unpaired) electrons. The molecule has 0 aromatic heterocycles. The van der Waals surface area contributed by atoms with Crippen molar-refractivity contribution in [1.82, 2.24) is 5.32 Å². The quantitative estimate of drug-likeness (QED) is 0.636. The summed E-state index contributed by atoms with van der Waals surface area (Å²) in [5, 5.41) is 3.35. The van der Waals surface area contributed by atoms with Gasteiger partial charge in [0.15, 0.2) is 11.5 Å². The third kappa shape index (κ3) is 6.36. The van der Waals surface area contributed by atoms with Crippen molar-refractivity contribution >= 4 is 0 Å². The van der Waals surface area contributed by atoms with E-state index in [0.29, 0.717) is 12.5 Å². The van der Waals surface area contributed by atoms with Crippen molar-refractivity contribution in [2.75, 3.05) is 34.0 Å². The molecule has 0 aliphatic carbocycles. The second-order valence-corrected chi connectivity index (χ2v) is 5.32. The summed E-state index contributed by atoms with van der Waals surface area (Å²) in [5.74, 6) is 2.20. The summed E-state index contributed by atoms with van der Waals surface area (Å²) < 4.78 is 16.5. The Morgan fingerprint density at radius 2 is 2.05 bits per heavy atom. The third-order valence-corrected chi connectivity index (χ3v) is 3.37. The van der Waals surface area contributed by atoms with E-state index < -0.39 is 0 Å². The number of hydrogen-bond donors (Lipinski definition) is 1. The Hall–Kier alpha value is -1.26. The van der Waals surface area contributed by atoms with Crippen molar-refractivity contribution in [3.8, 4) is 11.5 Å². The lowest BCUT2D eigenvalue weighted by molar-refractivity contribution is 0.198. The minimum atomic E-state index is 0.550. The third-order valence-electron chi connectivity index (χ3n) is 3.37. The van der Waals surface area contributed by atoms with Gasteiger partial charge in [-0.2, -0.15) is 0 Å². The summed E-state index contributed by atoms with van der Waals surface area (Å²) in [6.07, 6.45) is 2.36. The Morgan fingerprint density at radius 1 is 1.24 bits per heavy atom. The van der Waals surface area contributed by atoms with Crippen molar-refractivity contribution < 1.29 is 14.2 Å². The molecule has 0 spiro atoms. The van der Waals surface area contributed by atoms with Crippen LogP contribution in [0.15, 0.2) is 18.2 Å². The zero-order valence-electron chi connectivity index (χ0n) is 13.8. The zero-order chi connectivity index (χ0) is 15.5. The van der Waals surface area contributed by atoms with E-state index in [1.165, 1.54) is 12.8 Å². The molecule has 0 heterocycles. The molecule has 120 valence electrons. The van der Waals surface area contributed by atoms with Gasteiger partial charge in [0.05, 0.1) is 20.3 Å². The van der Waals surface area contributed by atoms with Crippen LogP contribution >= 0.6 is 0 Å². The largest absolute Gasteiger partial charge is 0.493 e. The van der Waals surface area contributed by atoms with Crippen LogP contribution in [-0.4, -0.2) is 34.0 Å². The lowest BCUT2D eigenvalue weighted by Gasteiger charge is -2.18. The minimum absolute atomic E-state index is 0.550. The number of para-hydroxylation sites is 1. The maximum absolute atomic E-state index is 6.03. The molecule has 1 unspecified atom stereocenters. The van der Waals surface area contributed by atoms with Gasteiger partial charge in [-0.1, -0.05) is 32.4 Å². The predicted molar refractivity (Wildman–Crippen MR) is 86.1 cm³/mol. The van der Waals surface area contributed by atoms with Gasteiger partial charge >= 0.3 is 0 Å². The van der Waals surface area contributed by atoms with Gasteiger partial charge in [0.1, 0.15) is 0 Å². The standard InChI is InChI=1S/C17H29NO3/c1-5-7-14(2)13-21-17-15(12-18-10-11-19-3)8-6-9-16(17)20-4/h6,8-9,14,18H,5,7,10-13H2,1-4H3. The molecule has 0 aliphatic heterocycles. The number of benzene rings is 1. The van der Waals surface area contributed by atoms with Gasteiger partial charge in [-0.05, 0) is 18.4 Å². The van der Waals surface area contributed by atoms with E-state index in [2.05, 4.69) is 25.2 Å². The fourth-order valence-corrected chi connectivity index (χ4v) is 2.22. The lowest BCUT2D eigenvalue weighted by atomic mass is 10.1. The van der Waals surface area contributed by atoms with E-state index in [9.17, 15) is 0 Å². The van der Waals surface area contributed by atoms with Crippen molar-refractivity contribution in [3.63, 3.8) is 0 Å². The molecule has 1 aromatic rings. The van der Waals surface area contributed by atoms with E-state index in [1.807, 2.05) is 12.1 Å². The van der Waals surface area contributed by atoms with Crippen molar-refractivity contribution in [1.29, 1.82) is 0 Å². The van der Waals surface area contributed by atoms with Crippen LogP contribution in [0.25, 0.3) is 0 Å². The summed E-state index contributed by atoms with van der Waals surface area (Å²) >= 11 is 0. The van der Waals surface area contributed by atoms with E-state index in [1.54, 1.807) is 14.2 Å². The van der Waals surface area contributed by atoms with Crippen molar-refractivity contribution in [3.05, 3.63) is 23.8 Å². The van der Waals surface area contributed by atoms with Gasteiger partial charge in [-0.3, -0.25) is 0 Å². The smallest absolute Gasteiger partial charge is 0.165 e. The van der Waals surface area contributed by atoms with Crippen LogP contribution in [0.1, 0.15) is 32.3 Å². The molecule has 0 bridgehead atoms. The molecule has 0 saturated carbocycles. The summed E-state index contributed by atoms with van der Waals surface area (Å²) in [5.41, 5.74) is 1.12. The molecule has 0 aliphatic rings. The molecule has 1 atom stereocenters. The molecule has 0 saturated heterocycles. The first kappa shape index (κ1) is 17.8. The highest BCUT2D eigenvalue weighted by Gasteiger charge is 2.12. The maximum Gasteiger partial charge on any atom is 0.165 e. The van der Waals surface area contributed by atoms with Crippen molar-refractivity contribution in [2.24, 2.45) is 5.92 Å². The fraction of sp³-hybridized carbons (Fsp3) is 0.647. The lowest BCUT2D eigenvalue weighted by Crippen LogP contribution is -2.19. The number of hydrogen-bond acceptors (Lipinski definition) is 4. The van der Waals surface area contributed by atoms with Crippen molar-refractivity contribution in [2.45, 2.75) is 33.2 Å². The average Bonchev–Trinajstić information content (AvgIpc) is 2.50. The summed E-state index contributed by atoms with van der Waals surface area (Å²) in [4.78, 5) is 0. The molecule has 21 heavy (non-hydrogen) atoms. The van der Waals surface area contributed by atoms with Crippen LogP contribution in [0.4, 0.5) is 0 Å². The molecule has 1 rings (SSSR count). The molecule has 0 fully saturated rings. The van der Waals surface area contributed by atoms with Crippen LogP contribution in [-0.2, 0) is 11.3 Å². The molecular weight excluding hydrogens is 266 g/mol. The Balaban J connectivity index is 2.68. The highest BCUT2D eigenvalue weighted by Crippen LogP contribution is 2.31. The molecule has 4 nitrogen and oxygen atoms in total. The van der Waals surface area contributed by atoms with Gasteiger partial charge in [-0.15, -0.1) is 0 Å². The summed E-state index contributed by atoms with van der Waals surface area (Å²) in [6.45, 7) is 7.41. The number of rotatable bonds is 11. The topological polar surface area (TPSA) is 39.7 Å². The molecule has 0 amide bonds. The van der Waals surface area contributed by atoms with E-state index in [4.69, 9.17) is 14.2 Å². The maximum atomic E-state index is 6.03.